The van der Waals surface area contributed by atoms with Gasteiger partial charge in [-0.2, -0.15) is 0 Å². The van der Waals surface area contributed by atoms with Gasteiger partial charge in [0.15, 0.2) is 0 Å². The number of H-pyrrole nitrogens is 1. The summed E-state index contributed by atoms with van der Waals surface area (Å²) in [6, 6.07) is 10.0. The lowest BCUT2D eigenvalue weighted by Gasteiger charge is -2.36. The molecule has 5 heterocycles. The first-order valence-electron chi connectivity index (χ1n) is 13.2. The largest absolute Gasteiger partial charge is 0.364 e. The van der Waals surface area contributed by atoms with E-state index in [0.29, 0.717) is 10.9 Å². The van der Waals surface area contributed by atoms with E-state index >= 15 is 0 Å². The maximum absolute atomic E-state index is 6.51. The number of fused-ring (bicyclic) bond motifs is 2. The molecule has 0 bridgehead atoms. The molecule has 3 aliphatic rings. The van der Waals surface area contributed by atoms with Gasteiger partial charge < -0.3 is 15.6 Å². The van der Waals surface area contributed by atoms with Gasteiger partial charge in [0, 0.05) is 45.2 Å². The van der Waals surface area contributed by atoms with Crippen LogP contribution in [0.15, 0.2) is 47.7 Å². The zero-order valence-electron chi connectivity index (χ0n) is 20.9. The number of rotatable bonds is 5. The third-order valence-electron chi connectivity index (χ3n) is 8.04. The Balaban J connectivity index is 1.35. The van der Waals surface area contributed by atoms with E-state index in [9.17, 15) is 0 Å². The molecule has 2 fully saturated rings. The van der Waals surface area contributed by atoms with E-state index in [4.69, 9.17) is 21.6 Å². The molecule has 1 aromatic carbocycles. The zero-order valence-corrected chi connectivity index (χ0v) is 21.6. The highest BCUT2D eigenvalue weighted by atomic mass is 35.5. The fourth-order valence-corrected chi connectivity index (χ4v) is 5.98. The van der Waals surface area contributed by atoms with Crippen molar-refractivity contribution in [2.45, 2.75) is 56.4 Å². The topological polar surface area (TPSA) is 90.9 Å². The molecule has 1 aliphatic carbocycles. The van der Waals surface area contributed by atoms with Crippen molar-refractivity contribution in [3.8, 4) is 11.3 Å². The van der Waals surface area contributed by atoms with E-state index in [1.807, 2.05) is 42.9 Å². The SMILES string of the molecule is CC1(Nc2nc(C3CC=Nc4[nH]c(-c5ccccc5Cl)cc43)nc3cncc(C4CC4)c23)CCNCC1. The lowest BCUT2D eigenvalue weighted by Crippen LogP contribution is -2.45. The fraction of sp³-hybridized carbons (Fsp3) is 0.379. The fourth-order valence-electron chi connectivity index (χ4n) is 5.74. The molecule has 2 aliphatic heterocycles. The number of hydrogen-bond donors (Lipinski definition) is 3. The van der Waals surface area contributed by atoms with E-state index in [0.717, 1.165) is 77.5 Å². The van der Waals surface area contributed by atoms with Gasteiger partial charge in [-0.1, -0.05) is 29.8 Å². The van der Waals surface area contributed by atoms with Gasteiger partial charge in [-0.15, -0.1) is 0 Å². The summed E-state index contributed by atoms with van der Waals surface area (Å²) in [6.07, 6.45) is 11.1. The van der Waals surface area contributed by atoms with Crippen LogP contribution in [0.4, 0.5) is 11.6 Å². The van der Waals surface area contributed by atoms with Crippen molar-refractivity contribution in [3.05, 3.63) is 64.7 Å². The van der Waals surface area contributed by atoms with E-state index in [2.05, 4.69) is 38.6 Å². The predicted octanol–water partition coefficient (Wildman–Crippen LogP) is 6.34. The van der Waals surface area contributed by atoms with Gasteiger partial charge in [-0.3, -0.25) is 4.98 Å². The smallest absolute Gasteiger partial charge is 0.139 e. The first-order valence-corrected chi connectivity index (χ1v) is 13.6. The van der Waals surface area contributed by atoms with Gasteiger partial charge >= 0.3 is 0 Å². The molecule has 188 valence electrons. The van der Waals surface area contributed by atoms with Gasteiger partial charge in [-0.05, 0) is 75.7 Å². The van der Waals surface area contributed by atoms with Crippen molar-refractivity contribution in [1.29, 1.82) is 0 Å². The average Bonchev–Trinajstić information content (AvgIpc) is 3.66. The standard InChI is InChI=1S/C29H30ClN7/c1-29(9-12-31-13-10-29)37-28-25-21(17-6-7-17)15-32-16-24(25)35-27(36-28)18-8-11-33-26-20(18)14-23(34-26)19-4-2-3-5-22(19)30/h2-5,11,14-18,31,34H,6-10,12-13H2,1H3,(H,35,36,37). The van der Waals surface area contributed by atoms with Gasteiger partial charge in [0.05, 0.1) is 17.6 Å². The highest BCUT2D eigenvalue weighted by molar-refractivity contribution is 6.33. The van der Waals surface area contributed by atoms with Crippen LogP contribution >= 0.6 is 11.6 Å². The monoisotopic (exact) mass is 511 g/mol. The summed E-state index contributed by atoms with van der Waals surface area (Å²) >= 11 is 6.51. The number of pyridine rings is 1. The van der Waals surface area contributed by atoms with Crippen molar-refractivity contribution in [2.75, 3.05) is 18.4 Å². The summed E-state index contributed by atoms with van der Waals surface area (Å²) in [5, 5.41) is 9.22. The van der Waals surface area contributed by atoms with Crippen LogP contribution in [0.3, 0.4) is 0 Å². The molecule has 0 spiro atoms. The lowest BCUT2D eigenvalue weighted by atomic mass is 9.90. The predicted molar refractivity (Wildman–Crippen MR) is 149 cm³/mol. The van der Waals surface area contributed by atoms with Crippen LogP contribution in [0.1, 0.15) is 67.8 Å². The molecule has 1 saturated heterocycles. The third-order valence-corrected chi connectivity index (χ3v) is 8.37. The average molecular weight is 512 g/mol. The molecule has 7 rings (SSSR count). The molecule has 3 aromatic heterocycles. The number of aromatic amines is 1. The highest BCUT2D eigenvalue weighted by Crippen LogP contribution is 2.46. The van der Waals surface area contributed by atoms with Gasteiger partial charge in [0.2, 0.25) is 0 Å². The number of aromatic nitrogens is 4. The van der Waals surface area contributed by atoms with Crippen LogP contribution in [0.2, 0.25) is 5.02 Å². The molecule has 8 heteroatoms. The minimum atomic E-state index is -0.0155. The molecule has 1 atom stereocenters. The van der Waals surface area contributed by atoms with Crippen LogP contribution in [0, 0.1) is 0 Å². The molecule has 3 N–H and O–H groups in total. The number of benzene rings is 1. The quantitative estimate of drug-likeness (QED) is 0.291. The Bertz CT molecular complexity index is 1510. The molecule has 37 heavy (non-hydrogen) atoms. The molecule has 7 nitrogen and oxygen atoms in total. The number of halogens is 1. The highest BCUT2D eigenvalue weighted by Gasteiger charge is 2.33. The van der Waals surface area contributed by atoms with Crippen molar-refractivity contribution in [3.63, 3.8) is 0 Å². The number of hydrogen-bond acceptors (Lipinski definition) is 6. The number of nitrogens with one attached hydrogen (secondary N) is 3. The molecular weight excluding hydrogens is 482 g/mol. The van der Waals surface area contributed by atoms with Crippen LogP contribution in [0.5, 0.6) is 0 Å². The minimum absolute atomic E-state index is 0.00431. The molecule has 1 saturated carbocycles. The summed E-state index contributed by atoms with van der Waals surface area (Å²) < 4.78 is 0. The third kappa shape index (κ3) is 4.20. The zero-order chi connectivity index (χ0) is 25.0. The van der Waals surface area contributed by atoms with E-state index in [-0.39, 0.29) is 11.5 Å². The second-order valence-electron chi connectivity index (χ2n) is 10.8. The summed E-state index contributed by atoms with van der Waals surface area (Å²) in [4.78, 5) is 23.1. The van der Waals surface area contributed by atoms with Crippen LogP contribution in [-0.2, 0) is 0 Å². The maximum Gasteiger partial charge on any atom is 0.139 e. The van der Waals surface area contributed by atoms with Crippen LogP contribution in [0.25, 0.3) is 22.2 Å². The van der Waals surface area contributed by atoms with Gasteiger partial charge in [0.1, 0.15) is 17.5 Å². The Morgan fingerprint density at radius 1 is 1.05 bits per heavy atom. The molecule has 1 unspecified atom stereocenters. The summed E-state index contributed by atoms with van der Waals surface area (Å²) in [6.45, 7) is 4.33. The lowest BCUT2D eigenvalue weighted by molar-refractivity contribution is 0.364. The number of piperidine rings is 1. The van der Waals surface area contributed by atoms with E-state index in [1.54, 1.807) is 0 Å². The molecule has 0 amide bonds. The Kier molecular flexibility index (Phi) is 5.52. The maximum atomic E-state index is 6.51. The summed E-state index contributed by atoms with van der Waals surface area (Å²) in [5.41, 5.74) is 5.20. The number of anilines is 1. The molecule has 0 radical (unpaired) electrons. The van der Waals surface area contributed by atoms with Crippen molar-refractivity contribution in [1.82, 2.24) is 25.3 Å². The first kappa shape index (κ1) is 22.9. The molecular formula is C29H30ClN7. The first-order chi connectivity index (χ1) is 18.1. The molecule has 4 aromatic rings. The van der Waals surface area contributed by atoms with Crippen molar-refractivity contribution >= 4 is 40.4 Å². The summed E-state index contributed by atoms with van der Waals surface area (Å²) in [5.74, 6) is 3.15. The Hall–Kier alpha value is -3.29. The van der Waals surface area contributed by atoms with Crippen LogP contribution in [-0.4, -0.2) is 44.8 Å². The second-order valence-corrected chi connectivity index (χ2v) is 11.2. The van der Waals surface area contributed by atoms with Gasteiger partial charge in [0.25, 0.3) is 0 Å². The van der Waals surface area contributed by atoms with Crippen molar-refractivity contribution in [2.24, 2.45) is 4.99 Å². The number of aliphatic imine (C=N–C) groups is 1. The van der Waals surface area contributed by atoms with Crippen molar-refractivity contribution < 1.29 is 0 Å². The summed E-state index contributed by atoms with van der Waals surface area (Å²) in [7, 11) is 0. The Labute approximate surface area is 221 Å². The minimum Gasteiger partial charge on any atom is -0.364 e. The Morgan fingerprint density at radius 3 is 2.70 bits per heavy atom. The van der Waals surface area contributed by atoms with Crippen LogP contribution < -0.4 is 10.6 Å². The Morgan fingerprint density at radius 2 is 1.89 bits per heavy atom. The van der Waals surface area contributed by atoms with E-state index in [1.165, 1.54) is 18.4 Å². The normalized spacial score (nSPS) is 20.6. The number of nitrogens with zero attached hydrogens (tertiary/aromatic N) is 4. The second kappa shape index (κ2) is 8.92. The van der Waals surface area contributed by atoms with Gasteiger partial charge in [-0.25, -0.2) is 15.0 Å². The van der Waals surface area contributed by atoms with E-state index < -0.39 is 0 Å².